The molecule has 104 valence electrons. The lowest BCUT2D eigenvalue weighted by molar-refractivity contribution is -0.126. The summed E-state index contributed by atoms with van der Waals surface area (Å²) in [4.78, 5) is 13.8. The molecule has 0 bridgehead atoms. The quantitative estimate of drug-likeness (QED) is 0.616. The van der Waals surface area contributed by atoms with E-state index in [0.717, 1.165) is 0 Å². The number of hydrogen-bond acceptors (Lipinski definition) is 5. The molecule has 19 heavy (non-hydrogen) atoms. The second-order valence-electron chi connectivity index (χ2n) is 3.99. The van der Waals surface area contributed by atoms with Gasteiger partial charge in [0.2, 0.25) is 0 Å². The molecule has 0 aliphatic carbocycles. The summed E-state index contributed by atoms with van der Waals surface area (Å²) >= 11 is 0. The standard InChI is InChI=1S/C11H15N3O4S/c15-11(10-8-18-7-6-12-10)13-14-19(16,17)9-4-2-1-3-5-9/h1-5,10,12,14H,6-8H2,(H,13,15)/t10-/m0/s1. The summed E-state index contributed by atoms with van der Waals surface area (Å²) in [6.07, 6.45) is 0. The van der Waals surface area contributed by atoms with E-state index in [1.165, 1.54) is 12.1 Å². The molecule has 1 heterocycles. The van der Waals surface area contributed by atoms with Gasteiger partial charge in [-0.15, -0.1) is 4.83 Å². The number of carbonyl (C=O) groups is 1. The fourth-order valence-electron chi connectivity index (χ4n) is 1.60. The summed E-state index contributed by atoms with van der Waals surface area (Å²) in [6.45, 7) is 1.32. The van der Waals surface area contributed by atoms with Gasteiger partial charge in [-0.25, -0.2) is 8.42 Å². The molecule has 0 radical (unpaired) electrons. The highest BCUT2D eigenvalue weighted by Gasteiger charge is 2.22. The Morgan fingerprint density at radius 3 is 2.68 bits per heavy atom. The van der Waals surface area contributed by atoms with Crippen LogP contribution in [-0.4, -0.2) is 40.1 Å². The van der Waals surface area contributed by atoms with Gasteiger partial charge >= 0.3 is 0 Å². The molecule has 1 saturated heterocycles. The van der Waals surface area contributed by atoms with E-state index in [4.69, 9.17) is 4.74 Å². The van der Waals surface area contributed by atoms with Gasteiger partial charge in [0.25, 0.3) is 15.9 Å². The first-order valence-electron chi connectivity index (χ1n) is 5.77. The third-order valence-corrected chi connectivity index (χ3v) is 3.86. The van der Waals surface area contributed by atoms with E-state index >= 15 is 0 Å². The lowest BCUT2D eigenvalue weighted by Crippen LogP contribution is -2.55. The minimum Gasteiger partial charge on any atom is -0.378 e. The van der Waals surface area contributed by atoms with E-state index in [-0.39, 0.29) is 11.5 Å². The van der Waals surface area contributed by atoms with Crippen molar-refractivity contribution in [3.05, 3.63) is 30.3 Å². The van der Waals surface area contributed by atoms with Crippen molar-refractivity contribution in [3.8, 4) is 0 Å². The fraction of sp³-hybridized carbons (Fsp3) is 0.364. The summed E-state index contributed by atoms with van der Waals surface area (Å²) in [5.41, 5.74) is 2.17. The van der Waals surface area contributed by atoms with Crippen LogP contribution in [-0.2, 0) is 19.6 Å². The summed E-state index contributed by atoms with van der Waals surface area (Å²) in [6, 6.07) is 7.25. The number of rotatable bonds is 4. The van der Waals surface area contributed by atoms with E-state index in [2.05, 4.69) is 10.7 Å². The summed E-state index contributed by atoms with van der Waals surface area (Å²) < 4.78 is 28.8. The Morgan fingerprint density at radius 1 is 1.32 bits per heavy atom. The van der Waals surface area contributed by atoms with Crippen molar-refractivity contribution < 1.29 is 17.9 Å². The fourth-order valence-corrected chi connectivity index (χ4v) is 2.47. The molecule has 3 N–H and O–H groups in total. The van der Waals surface area contributed by atoms with E-state index < -0.39 is 22.0 Å². The maximum absolute atomic E-state index is 11.8. The Morgan fingerprint density at radius 2 is 2.05 bits per heavy atom. The van der Waals surface area contributed by atoms with E-state index in [0.29, 0.717) is 13.2 Å². The molecule has 1 aliphatic heterocycles. The van der Waals surface area contributed by atoms with Crippen molar-refractivity contribution in [2.24, 2.45) is 0 Å². The molecule has 8 heteroatoms. The highest BCUT2D eigenvalue weighted by Crippen LogP contribution is 2.05. The van der Waals surface area contributed by atoms with Crippen LogP contribution in [0.5, 0.6) is 0 Å². The van der Waals surface area contributed by atoms with Crippen LogP contribution in [0, 0.1) is 0 Å². The number of morpholine rings is 1. The van der Waals surface area contributed by atoms with Crippen LogP contribution in [0.25, 0.3) is 0 Å². The van der Waals surface area contributed by atoms with Crippen LogP contribution in [0.2, 0.25) is 0 Å². The molecule has 0 saturated carbocycles. The maximum Gasteiger partial charge on any atom is 0.257 e. The van der Waals surface area contributed by atoms with Crippen LogP contribution < -0.4 is 15.6 Å². The molecular formula is C11H15N3O4S. The lowest BCUT2D eigenvalue weighted by atomic mass is 10.3. The normalized spacial score (nSPS) is 19.9. The predicted octanol–water partition coefficient (Wildman–Crippen LogP) is -1.02. The van der Waals surface area contributed by atoms with Crippen molar-refractivity contribution in [1.82, 2.24) is 15.6 Å². The Kier molecular flexibility index (Phi) is 4.48. The summed E-state index contributed by atoms with van der Waals surface area (Å²) in [5.74, 6) is -0.473. The second kappa shape index (κ2) is 6.11. The number of hydrogen-bond donors (Lipinski definition) is 3. The highest BCUT2D eigenvalue weighted by atomic mass is 32.2. The Hall–Kier alpha value is -1.48. The van der Waals surface area contributed by atoms with Crippen molar-refractivity contribution in [3.63, 3.8) is 0 Å². The molecular weight excluding hydrogens is 270 g/mol. The van der Waals surface area contributed by atoms with Crippen molar-refractivity contribution >= 4 is 15.9 Å². The number of nitrogens with one attached hydrogen (secondary N) is 3. The van der Waals surface area contributed by atoms with Gasteiger partial charge in [0, 0.05) is 6.54 Å². The third-order valence-electron chi connectivity index (χ3n) is 2.60. The second-order valence-corrected chi connectivity index (χ2v) is 5.67. The number of ether oxygens (including phenoxy) is 1. The topological polar surface area (TPSA) is 96.5 Å². The lowest BCUT2D eigenvalue weighted by Gasteiger charge is -2.22. The third kappa shape index (κ3) is 3.74. The molecule has 0 spiro atoms. The minimum atomic E-state index is -3.74. The number of sulfonamides is 1. The van der Waals surface area contributed by atoms with Crippen molar-refractivity contribution in [2.45, 2.75) is 10.9 Å². The summed E-state index contributed by atoms with van der Waals surface area (Å²) in [7, 11) is -3.74. The molecule has 1 atom stereocenters. The van der Waals surface area contributed by atoms with Gasteiger partial charge in [0.05, 0.1) is 18.1 Å². The Balaban J connectivity index is 1.93. The van der Waals surface area contributed by atoms with Crippen LogP contribution >= 0.6 is 0 Å². The molecule has 2 rings (SSSR count). The average Bonchev–Trinajstić information content (AvgIpc) is 2.47. The molecule has 1 amide bonds. The van der Waals surface area contributed by atoms with Crippen LogP contribution in [0.4, 0.5) is 0 Å². The van der Waals surface area contributed by atoms with E-state index in [1.54, 1.807) is 18.2 Å². The zero-order chi connectivity index (χ0) is 13.7. The molecule has 1 aromatic carbocycles. The van der Waals surface area contributed by atoms with Gasteiger partial charge in [-0.3, -0.25) is 10.2 Å². The average molecular weight is 285 g/mol. The van der Waals surface area contributed by atoms with Crippen molar-refractivity contribution in [1.29, 1.82) is 0 Å². The van der Waals surface area contributed by atoms with Crippen molar-refractivity contribution in [2.75, 3.05) is 19.8 Å². The van der Waals surface area contributed by atoms with Crippen LogP contribution in [0.1, 0.15) is 0 Å². The number of benzene rings is 1. The zero-order valence-electron chi connectivity index (χ0n) is 10.1. The van der Waals surface area contributed by atoms with Crippen LogP contribution in [0.3, 0.4) is 0 Å². The smallest absolute Gasteiger partial charge is 0.257 e. The molecule has 0 aromatic heterocycles. The monoisotopic (exact) mass is 285 g/mol. The van der Waals surface area contributed by atoms with Gasteiger partial charge in [-0.1, -0.05) is 18.2 Å². The molecule has 0 unspecified atom stereocenters. The summed E-state index contributed by atoms with van der Waals surface area (Å²) in [5, 5.41) is 2.92. The van der Waals surface area contributed by atoms with Gasteiger partial charge < -0.3 is 10.1 Å². The van der Waals surface area contributed by atoms with Gasteiger partial charge in [-0.2, -0.15) is 0 Å². The van der Waals surface area contributed by atoms with Gasteiger partial charge in [-0.05, 0) is 12.1 Å². The molecule has 7 nitrogen and oxygen atoms in total. The first kappa shape index (κ1) is 13.9. The maximum atomic E-state index is 11.8. The number of amides is 1. The SMILES string of the molecule is O=C(NNS(=O)(=O)c1ccccc1)[C@@H]1COCCN1. The Bertz CT molecular complexity index is 526. The highest BCUT2D eigenvalue weighted by molar-refractivity contribution is 7.89. The molecule has 1 aromatic rings. The van der Waals surface area contributed by atoms with Gasteiger partial charge in [0.15, 0.2) is 0 Å². The number of carbonyl (C=O) groups excluding carboxylic acids is 1. The zero-order valence-corrected chi connectivity index (χ0v) is 10.9. The van der Waals surface area contributed by atoms with Gasteiger partial charge in [0.1, 0.15) is 6.04 Å². The first-order chi connectivity index (χ1) is 9.09. The Labute approximate surface area is 111 Å². The molecule has 1 fully saturated rings. The predicted molar refractivity (Wildman–Crippen MR) is 67.5 cm³/mol. The van der Waals surface area contributed by atoms with E-state index in [1.807, 2.05) is 4.83 Å². The largest absolute Gasteiger partial charge is 0.378 e. The minimum absolute atomic E-state index is 0.0863. The number of hydrazine groups is 1. The van der Waals surface area contributed by atoms with Crippen LogP contribution in [0.15, 0.2) is 35.2 Å². The van der Waals surface area contributed by atoms with E-state index in [9.17, 15) is 13.2 Å². The first-order valence-corrected chi connectivity index (χ1v) is 7.26. The molecule has 1 aliphatic rings.